The number of carbonyl (C=O) groups excluding carboxylic acids is 3. The van der Waals surface area contributed by atoms with E-state index in [9.17, 15) is 19.2 Å². The molecule has 1 aromatic heterocycles. The second-order valence-electron chi connectivity index (χ2n) is 7.43. The van der Waals surface area contributed by atoms with E-state index in [2.05, 4.69) is 0 Å². The standard InChI is InChI=1S/C22H29N3O6/c1-3-23-16-9-5-6-10-17(16)25(22(23)29)14-12-20(27)31-15-19(26)24-13-8-7-11-18(24)21(28)30-4-2/h5-6,9-10,18H,3-4,7-8,11-15H2,1-2H3. The van der Waals surface area contributed by atoms with Crippen molar-refractivity contribution in [3.63, 3.8) is 0 Å². The van der Waals surface area contributed by atoms with E-state index in [1.165, 1.54) is 4.90 Å². The minimum atomic E-state index is -0.626. The molecule has 1 atom stereocenters. The number of nitrogens with zero attached hydrogens (tertiary/aromatic N) is 3. The molecule has 0 spiro atoms. The number of rotatable bonds is 8. The Balaban J connectivity index is 1.58. The van der Waals surface area contributed by atoms with E-state index in [-0.39, 0.29) is 25.3 Å². The first-order valence-electron chi connectivity index (χ1n) is 10.8. The Hall–Kier alpha value is -3.10. The summed E-state index contributed by atoms with van der Waals surface area (Å²) in [6, 6.07) is 6.78. The van der Waals surface area contributed by atoms with E-state index >= 15 is 0 Å². The van der Waals surface area contributed by atoms with Crippen LogP contribution in [0.15, 0.2) is 29.1 Å². The third-order valence-corrected chi connectivity index (χ3v) is 5.52. The van der Waals surface area contributed by atoms with Crippen LogP contribution in [0.3, 0.4) is 0 Å². The van der Waals surface area contributed by atoms with Crippen molar-refractivity contribution < 1.29 is 23.9 Å². The molecule has 9 nitrogen and oxygen atoms in total. The molecule has 9 heteroatoms. The summed E-state index contributed by atoms with van der Waals surface area (Å²) in [7, 11) is 0. The first kappa shape index (κ1) is 22.6. The van der Waals surface area contributed by atoms with Gasteiger partial charge in [-0.3, -0.25) is 18.7 Å². The zero-order valence-corrected chi connectivity index (χ0v) is 18.0. The maximum atomic E-state index is 12.6. The number of fused-ring (bicyclic) bond motifs is 1. The van der Waals surface area contributed by atoms with E-state index in [1.807, 2.05) is 31.2 Å². The Morgan fingerprint density at radius 3 is 2.42 bits per heavy atom. The third kappa shape index (κ3) is 4.98. The number of para-hydroxylation sites is 2. The van der Waals surface area contributed by atoms with Crippen LogP contribution in [-0.2, 0) is 36.9 Å². The summed E-state index contributed by atoms with van der Waals surface area (Å²) >= 11 is 0. The van der Waals surface area contributed by atoms with Crippen molar-refractivity contribution in [3.8, 4) is 0 Å². The molecule has 31 heavy (non-hydrogen) atoms. The van der Waals surface area contributed by atoms with Crippen LogP contribution >= 0.6 is 0 Å². The van der Waals surface area contributed by atoms with Gasteiger partial charge in [-0.15, -0.1) is 0 Å². The molecule has 2 heterocycles. The van der Waals surface area contributed by atoms with E-state index in [1.54, 1.807) is 16.1 Å². The average Bonchev–Trinajstić information content (AvgIpc) is 3.06. The highest BCUT2D eigenvalue weighted by molar-refractivity contribution is 5.86. The van der Waals surface area contributed by atoms with Crippen LogP contribution < -0.4 is 5.69 Å². The van der Waals surface area contributed by atoms with Gasteiger partial charge in [-0.25, -0.2) is 9.59 Å². The van der Waals surface area contributed by atoms with E-state index in [0.717, 1.165) is 23.9 Å². The van der Waals surface area contributed by atoms with Crippen LogP contribution in [0.25, 0.3) is 11.0 Å². The molecular weight excluding hydrogens is 402 g/mol. The van der Waals surface area contributed by atoms with Crippen LogP contribution in [0.4, 0.5) is 0 Å². The normalized spacial score (nSPS) is 16.3. The molecule has 1 saturated heterocycles. The molecule has 168 valence electrons. The highest BCUT2D eigenvalue weighted by Crippen LogP contribution is 2.19. The molecule has 1 amide bonds. The van der Waals surface area contributed by atoms with Gasteiger partial charge in [0.05, 0.1) is 24.1 Å². The lowest BCUT2D eigenvalue weighted by atomic mass is 10.0. The number of ether oxygens (including phenoxy) is 2. The lowest BCUT2D eigenvalue weighted by Crippen LogP contribution is -2.50. The molecule has 1 aliphatic rings. The topological polar surface area (TPSA) is 99.8 Å². The number of imidazole rings is 1. The van der Waals surface area contributed by atoms with Gasteiger partial charge in [-0.2, -0.15) is 0 Å². The SMILES string of the molecule is CCOC(=O)C1CCCCN1C(=O)COC(=O)CCn1c(=O)n(CC)c2ccccc21. The number of aromatic nitrogens is 2. The van der Waals surface area contributed by atoms with Crippen molar-refractivity contribution in [1.29, 1.82) is 0 Å². The number of hydrogen-bond donors (Lipinski definition) is 0. The Morgan fingerprint density at radius 2 is 1.74 bits per heavy atom. The summed E-state index contributed by atoms with van der Waals surface area (Å²) in [6.07, 6.45) is 2.14. The fourth-order valence-corrected chi connectivity index (χ4v) is 4.01. The summed E-state index contributed by atoms with van der Waals surface area (Å²) < 4.78 is 13.4. The molecule has 1 fully saturated rings. The van der Waals surface area contributed by atoms with Crippen LogP contribution in [0.5, 0.6) is 0 Å². The van der Waals surface area contributed by atoms with Crippen molar-refractivity contribution in [3.05, 3.63) is 34.7 Å². The van der Waals surface area contributed by atoms with Crippen molar-refractivity contribution >= 4 is 28.9 Å². The molecule has 2 aromatic rings. The van der Waals surface area contributed by atoms with Crippen LogP contribution in [0.2, 0.25) is 0 Å². The molecule has 1 aromatic carbocycles. The lowest BCUT2D eigenvalue weighted by Gasteiger charge is -2.33. The Bertz CT molecular complexity index is 1010. The number of amides is 1. The number of piperidine rings is 1. The van der Waals surface area contributed by atoms with Gasteiger partial charge in [0.15, 0.2) is 6.61 Å². The first-order chi connectivity index (χ1) is 15.0. The molecule has 0 saturated carbocycles. The number of likely N-dealkylation sites (tertiary alicyclic amines) is 1. The van der Waals surface area contributed by atoms with Gasteiger partial charge in [0.25, 0.3) is 5.91 Å². The van der Waals surface area contributed by atoms with Gasteiger partial charge in [-0.1, -0.05) is 12.1 Å². The predicted octanol–water partition coefficient (Wildman–Crippen LogP) is 1.70. The number of benzene rings is 1. The fourth-order valence-electron chi connectivity index (χ4n) is 4.01. The minimum absolute atomic E-state index is 0.0355. The summed E-state index contributed by atoms with van der Waals surface area (Å²) in [4.78, 5) is 51.0. The average molecular weight is 431 g/mol. The summed E-state index contributed by atoms with van der Waals surface area (Å²) in [6.45, 7) is 4.56. The van der Waals surface area contributed by atoms with Gasteiger partial charge in [0.1, 0.15) is 6.04 Å². The lowest BCUT2D eigenvalue weighted by molar-refractivity contribution is -0.161. The Kier molecular flexibility index (Phi) is 7.49. The number of hydrogen-bond acceptors (Lipinski definition) is 6. The van der Waals surface area contributed by atoms with Crippen LogP contribution in [0, 0.1) is 0 Å². The number of esters is 2. The van der Waals surface area contributed by atoms with Gasteiger partial charge in [-0.05, 0) is 45.2 Å². The van der Waals surface area contributed by atoms with Crippen molar-refractivity contribution in [2.45, 2.75) is 58.7 Å². The van der Waals surface area contributed by atoms with E-state index in [4.69, 9.17) is 9.47 Å². The van der Waals surface area contributed by atoms with E-state index < -0.39 is 30.5 Å². The van der Waals surface area contributed by atoms with Gasteiger partial charge in [0, 0.05) is 19.6 Å². The smallest absolute Gasteiger partial charge is 0.329 e. The molecule has 0 bridgehead atoms. The quantitative estimate of drug-likeness (QED) is 0.590. The largest absolute Gasteiger partial charge is 0.464 e. The van der Waals surface area contributed by atoms with Gasteiger partial charge in [0.2, 0.25) is 0 Å². The predicted molar refractivity (Wildman–Crippen MR) is 113 cm³/mol. The highest BCUT2D eigenvalue weighted by Gasteiger charge is 2.33. The number of carbonyl (C=O) groups is 3. The van der Waals surface area contributed by atoms with Crippen molar-refractivity contribution in [1.82, 2.24) is 14.0 Å². The third-order valence-electron chi connectivity index (χ3n) is 5.52. The zero-order chi connectivity index (χ0) is 22.4. The molecule has 0 radical (unpaired) electrons. The molecule has 3 rings (SSSR count). The second kappa shape index (κ2) is 10.3. The van der Waals surface area contributed by atoms with Crippen LogP contribution in [-0.4, -0.2) is 57.7 Å². The molecule has 1 unspecified atom stereocenters. The van der Waals surface area contributed by atoms with Crippen molar-refractivity contribution in [2.24, 2.45) is 0 Å². The second-order valence-corrected chi connectivity index (χ2v) is 7.43. The zero-order valence-electron chi connectivity index (χ0n) is 18.0. The maximum Gasteiger partial charge on any atom is 0.329 e. The van der Waals surface area contributed by atoms with Gasteiger partial charge >= 0.3 is 17.6 Å². The molecule has 0 aliphatic carbocycles. The van der Waals surface area contributed by atoms with Gasteiger partial charge < -0.3 is 14.4 Å². The summed E-state index contributed by atoms with van der Waals surface area (Å²) in [5.41, 5.74) is 1.38. The highest BCUT2D eigenvalue weighted by atomic mass is 16.5. The number of aryl methyl sites for hydroxylation is 2. The minimum Gasteiger partial charge on any atom is -0.464 e. The first-order valence-corrected chi connectivity index (χ1v) is 10.8. The molecule has 1 aliphatic heterocycles. The molecule has 0 N–H and O–H groups in total. The Labute approximate surface area is 180 Å². The maximum absolute atomic E-state index is 12.6. The van der Waals surface area contributed by atoms with Crippen LogP contribution in [0.1, 0.15) is 39.5 Å². The monoisotopic (exact) mass is 431 g/mol. The van der Waals surface area contributed by atoms with Crippen molar-refractivity contribution in [2.75, 3.05) is 19.8 Å². The Morgan fingerprint density at radius 1 is 1.03 bits per heavy atom. The molecular formula is C22H29N3O6. The van der Waals surface area contributed by atoms with E-state index in [0.29, 0.717) is 19.5 Å². The fraction of sp³-hybridized carbons (Fsp3) is 0.545. The summed E-state index contributed by atoms with van der Waals surface area (Å²) in [5.74, 6) is -1.40. The summed E-state index contributed by atoms with van der Waals surface area (Å²) in [5, 5.41) is 0.